The summed E-state index contributed by atoms with van der Waals surface area (Å²) in [5.41, 5.74) is 2.31. The topological polar surface area (TPSA) is 71.7 Å². The van der Waals surface area contributed by atoms with Gasteiger partial charge >= 0.3 is 0 Å². The summed E-state index contributed by atoms with van der Waals surface area (Å²) in [6, 6.07) is 9.75. The zero-order valence-electron chi connectivity index (χ0n) is 17.5. The van der Waals surface area contributed by atoms with Crippen molar-refractivity contribution in [2.75, 3.05) is 0 Å². The van der Waals surface area contributed by atoms with Crippen molar-refractivity contribution in [1.29, 1.82) is 0 Å². The number of ether oxygens (including phenoxy) is 1. The average molecular weight is 423 g/mol. The van der Waals surface area contributed by atoms with Crippen molar-refractivity contribution in [3.05, 3.63) is 64.7 Å². The monoisotopic (exact) mass is 423 g/mol. The van der Waals surface area contributed by atoms with Crippen molar-refractivity contribution in [2.24, 2.45) is 0 Å². The minimum Gasteiger partial charge on any atom is -0.487 e. The summed E-state index contributed by atoms with van der Waals surface area (Å²) in [5, 5.41) is 14.6. The number of aliphatic hydroxyl groups excluding tert-OH is 1. The van der Waals surface area contributed by atoms with Crippen LogP contribution in [-0.2, 0) is 6.54 Å². The van der Waals surface area contributed by atoms with Gasteiger partial charge < -0.3 is 19.6 Å². The van der Waals surface area contributed by atoms with Gasteiger partial charge in [-0.2, -0.15) is 0 Å². The van der Waals surface area contributed by atoms with Crippen molar-refractivity contribution in [3.8, 4) is 5.75 Å². The maximum atomic E-state index is 13.4. The minimum absolute atomic E-state index is 0.194. The molecular weight excluding hydrogens is 397 g/mol. The van der Waals surface area contributed by atoms with E-state index in [9.17, 15) is 14.3 Å². The fourth-order valence-corrected chi connectivity index (χ4v) is 5.13. The second kappa shape index (κ2) is 7.68. The van der Waals surface area contributed by atoms with Gasteiger partial charge in [0.1, 0.15) is 22.8 Å². The number of rotatable bonds is 3. The molecule has 2 aromatic carbocycles. The molecule has 1 aliphatic carbocycles. The van der Waals surface area contributed by atoms with Gasteiger partial charge in [0, 0.05) is 29.5 Å². The quantitative estimate of drug-likeness (QED) is 0.597. The van der Waals surface area contributed by atoms with Crippen LogP contribution in [0.4, 0.5) is 4.39 Å². The maximum absolute atomic E-state index is 13.4. The summed E-state index contributed by atoms with van der Waals surface area (Å²) in [6.07, 6.45) is 5.26. The zero-order valence-corrected chi connectivity index (χ0v) is 17.5. The van der Waals surface area contributed by atoms with E-state index < -0.39 is 6.10 Å². The molecule has 1 fully saturated rings. The van der Waals surface area contributed by atoms with E-state index in [4.69, 9.17) is 9.15 Å². The normalized spacial score (nSPS) is 19.8. The van der Waals surface area contributed by atoms with Gasteiger partial charge in [-0.05, 0) is 62.4 Å². The molecule has 0 unspecified atom stereocenters. The van der Waals surface area contributed by atoms with Crippen molar-refractivity contribution in [2.45, 2.75) is 63.7 Å². The van der Waals surface area contributed by atoms with E-state index in [-0.39, 0.29) is 29.6 Å². The Morgan fingerprint density at radius 2 is 2.03 bits per heavy atom. The first kappa shape index (κ1) is 20.1. The number of amides is 1. The molecule has 5 rings (SSSR count). The van der Waals surface area contributed by atoms with Gasteiger partial charge in [-0.25, -0.2) is 4.39 Å². The van der Waals surface area contributed by atoms with E-state index in [1.165, 1.54) is 18.6 Å². The summed E-state index contributed by atoms with van der Waals surface area (Å²) in [7, 11) is 0. The van der Waals surface area contributed by atoms with Crippen LogP contribution < -0.4 is 10.1 Å². The van der Waals surface area contributed by atoms with E-state index in [0.29, 0.717) is 34.4 Å². The van der Waals surface area contributed by atoms with Crippen LogP contribution in [-0.4, -0.2) is 16.6 Å². The molecule has 162 valence electrons. The Morgan fingerprint density at radius 1 is 1.23 bits per heavy atom. The lowest BCUT2D eigenvalue weighted by Gasteiger charge is -2.43. The highest BCUT2D eigenvalue weighted by atomic mass is 19.1. The van der Waals surface area contributed by atoms with Gasteiger partial charge in [-0.3, -0.25) is 4.79 Å². The van der Waals surface area contributed by atoms with E-state index in [1.807, 2.05) is 13.0 Å². The third kappa shape index (κ3) is 3.59. The Labute approximate surface area is 180 Å². The van der Waals surface area contributed by atoms with E-state index >= 15 is 0 Å². The Kier molecular flexibility index (Phi) is 4.97. The molecule has 1 amide bonds. The fourth-order valence-electron chi connectivity index (χ4n) is 5.13. The molecule has 0 saturated heterocycles. The number of aliphatic hydroxyl groups is 1. The molecule has 1 saturated carbocycles. The van der Waals surface area contributed by atoms with Crippen LogP contribution in [0, 0.1) is 12.7 Å². The third-order valence-electron chi connectivity index (χ3n) is 6.63. The molecule has 1 aromatic heterocycles. The molecule has 0 radical (unpaired) electrons. The number of halogens is 1. The zero-order chi connectivity index (χ0) is 21.6. The number of furan rings is 1. The van der Waals surface area contributed by atoms with Crippen molar-refractivity contribution >= 4 is 16.9 Å². The molecule has 5 nitrogen and oxygen atoms in total. The molecule has 1 atom stereocenters. The summed E-state index contributed by atoms with van der Waals surface area (Å²) in [4.78, 5) is 12.8. The maximum Gasteiger partial charge on any atom is 0.287 e. The molecule has 1 spiro atoms. The molecular formula is C25H26FNO4. The average Bonchev–Trinajstić information content (AvgIpc) is 3.09. The van der Waals surface area contributed by atoms with Crippen LogP contribution in [0.1, 0.15) is 71.9 Å². The van der Waals surface area contributed by atoms with Crippen LogP contribution in [0.25, 0.3) is 11.0 Å². The van der Waals surface area contributed by atoms with E-state index in [1.54, 1.807) is 18.2 Å². The van der Waals surface area contributed by atoms with Crippen LogP contribution >= 0.6 is 0 Å². The van der Waals surface area contributed by atoms with Crippen LogP contribution in [0.2, 0.25) is 0 Å². The Bertz CT molecular complexity index is 1150. The van der Waals surface area contributed by atoms with E-state index in [2.05, 4.69) is 5.32 Å². The van der Waals surface area contributed by atoms with Crippen molar-refractivity contribution in [3.63, 3.8) is 0 Å². The van der Waals surface area contributed by atoms with Gasteiger partial charge in [0.2, 0.25) is 0 Å². The highest BCUT2D eigenvalue weighted by Gasteiger charge is 2.42. The van der Waals surface area contributed by atoms with Gasteiger partial charge in [0.25, 0.3) is 5.91 Å². The smallest absolute Gasteiger partial charge is 0.287 e. The molecule has 1 aliphatic heterocycles. The Morgan fingerprint density at radius 3 is 2.81 bits per heavy atom. The van der Waals surface area contributed by atoms with E-state index in [0.717, 1.165) is 31.1 Å². The van der Waals surface area contributed by atoms with Crippen molar-refractivity contribution in [1.82, 2.24) is 5.32 Å². The standard InChI is InChI=1S/C25H26FNO4/c1-15-21-19(30-23(15)24(29)27-14-16-6-5-7-17(26)12-16)8-9-20-22(21)18(28)13-25(31-20)10-3-2-4-11-25/h5-9,12,18,28H,2-4,10-11,13-14H2,1H3,(H,27,29)/t18-/m0/s1. The van der Waals surface area contributed by atoms with Gasteiger partial charge in [-0.1, -0.05) is 18.6 Å². The molecule has 2 heterocycles. The van der Waals surface area contributed by atoms with Gasteiger partial charge in [-0.15, -0.1) is 0 Å². The number of fused-ring (bicyclic) bond motifs is 3. The number of aryl methyl sites for hydroxylation is 1. The molecule has 2 aliphatic rings. The number of carbonyl (C=O) groups is 1. The summed E-state index contributed by atoms with van der Waals surface area (Å²) in [6.45, 7) is 2.01. The first-order valence-corrected chi connectivity index (χ1v) is 10.9. The van der Waals surface area contributed by atoms with Gasteiger partial charge in [0.15, 0.2) is 5.76 Å². The second-order valence-corrected chi connectivity index (χ2v) is 8.78. The Balaban J connectivity index is 1.45. The largest absolute Gasteiger partial charge is 0.487 e. The molecule has 6 heteroatoms. The van der Waals surface area contributed by atoms with Crippen LogP contribution in [0.3, 0.4) is 0 Å². The highest BCUT2D eigenvalue weighted by molar-refractivity contribution is 6.00. The summed E-state index contributed by atoms with van der Waals surface area (Å²) >= 11 is 0. The number of nitrogens with one attached hydrogen (secondary N) is 1. The lowest BCUT2D eigenvalue weighted by atomic mass is 9.77. The van der Waals surface area contributed by atoms with Crippen molar-refractivity contribution < 1.29 is 23.4 Å². The second-order valence-electron chi connectivity index (χ2n) is 8.78. The first-order chi connectivity index (χ1) is 15.0. The molecule has 31 heavy (non-hydrogen) atoms. The highest BCUT2D eigenvalue weighted by Crippen LogP contribution is 2.49. The molecule has 2 N–H and O–H groups in total. The third-order valence-corrected chi connectivity index (χ3v) is 6.63. The first-order valence-electron chi connectivity index (χ1n) is 10.9. The minimum atomic E-state index is -0.662. The Hall–Kier alpha value is -2.86. The predicted octanol–water partition coefficient (Wildman–Crippen LogP) is 5.33. The van der Waals surface area contributed by atoms with Crippen LogP contribution in [0.5, 0.6) is 5.75 Å². The number of benzene rings is 2. The fraction of sp³-hybridized carbons (Fsp3) is 0.400. The molecule has 3 aromatic rings. The summed E-state index contributed by atoms with van der Waals surface area (Å²) in [5.74, 6) is 0.165. The number of carbonyl (C=O) groups excluding carboxylic acids is 1. The van der Waals surface area contributed by atoms with Gasteiger partial charge in [0.05, 0.1) is 6.10 Å². The number of hydrogen-bond acceptors (Lipinski definition) is 4. The molecule has 0 bridgehead atoms. The summed E-state index contributed by atoms with van der Waals surface area (Å²) < 4.78 is 25.7. The predicted molar refractivity (Wildman–Crippen MR) is 115 cm³/mol. The van der Waals surface area contributed by atoms with Crippen LogP contribution in [0.15, 0.2) is 40.8 Å². The lowest BCUT2D eigenvalue weighted by molar-refractivity contribution is -0.0373. The SMILES string of the molecule is Cc1c(C(=O)NCc2cccc(F)c2)oc2ccc3c(c12)[C@@H](O)CC1(CCCCC1)O3. The lowest BCUT2D eigenvalue weighted by Crippen LogP contribution is -2.42. The number of hydrogen-bond donors (Lipinski definition) is 2.